The zero-order chi connectivity index (χ0) is 95.3. The second-order valence-corrected chi connectivity index (χ2v) is 45.2. The first-order chi connectivity index (χ1) is 63.9. The second-order valence-electron chi connectivity index (χ2n) is 45.2. The number of esters is 1. The lowest BCUT2D eigenvalue weighted by molar-refractivity contribution is -0.374. The van der Waals surface area contributed by atoms with E-state index < -0.39 is 193 Å². The number of nitrogens with zero attached hydrogens (tertiary/aromatic N) is 3. The van der Waals surface area contributed by atoms with Gasteiger partial charge < -0.3 is 104 Å². The Hall–Kier alpha value is -5.28. The standard InChI is InChI=1S/C107H155N3O24/c1-23-74-61(6)60(5)63(8)94(122-74)129-90-85(127-92-62(7)59(4)58(3)50-118-92)65(10)83(67(12)112)125-97(90)124-80-43-44-102(18)78(103(80,19)56-111)42-45-104(20)79(102)41-40-72-73-48-100(14,15)46-47-107(73,81(114-22)49-105(72,104)21)99(113)131-96-86(64(9)82(109-110-108)75(123-96)53-115-51-69-34-28-25-29-35-69)117-55-77-88-89(133-101(16,17)132-88)87(68(13)121-77)128-93-66(11)84(76(54-119-93)116-52-70-36-30-26-31-37-70)126-98-91-106(24-2,57-120-98)134-95(130-91)71-38-32-27-33-39-71/h25-40,56,58-66,68,73-98H,23-24,41-55,57H2,1-22H3/t58-,59-,60-,61+,62?,63?,64?,65-,66?,68-,73?,74?,75?,76-,77-,78+,79?,80-,81?,82+,83?,84?,85-,86?,87-,88?,89?,90?,91?,92-,93-,94-,95-,96-,97+,98+,102?,103+,104-,105+,106-,107+/m0/s1. The van der Waals surface area contributed by atoms with Crippen LogP contribution < -0.4 is 0 Å². The number of rotatable bonds is 29. The van der Waals surface area contributed by atoms with Crippen LogP contribution in [0.25, 0.3) is 10.4 Å². The summed E-state index contributed by atoms with van der Waals surface area (Å²) < 4.78 is 147. The molecule has 0 radical (unpaired) electrons. The fourth-order valence-electron chi connectivity index (χ4n) is 27.6. The zero-order valence-electron chi connectivity index (χ0n) is 83.5. The molecule has 0 N–H and O–H groups in total. The van der Waals surface area contributed by atoms with Crippen LogP contribution in [0.2, 0.25) is 0 Å². The number of benzene rings is 3. The molecule has 134 heavy (non-hydrogen) atoms. The summed E-state index contributed by atoms with van der Waals surface area (Å²) in [4.78, 5) is 49.3. The Morgan fingerprint density at radius 1 is 0.560 bits per heavy atom. The van der Waals surface area contributed by atoms with Gasteiger partial charge in [-0.2, -0.15) is 0 Å². The van der Waals surface area contributed by atoms with Crippen LogP contribution in [0.3, 0.4) is 0 Å². The lowest BCUT2D eigenvalue weighted by Crippen LogP contribution is -2.69. The largest absolute Gasteiger partial charge is 0.432 e. The highest BCUT2D eigenvalue weighted by Crippen LogP contribution is 2.77. The molecule has 9 aliphatic heterocycles. The summed E-state index contributed by atoms with van der Waals surface area (Å²) in [6.45, 7) is 46.4. The molecule has 9 saturated heterocycles. The normalized spacial score (nSPS) is 47.2. The van der Waals surface area contributed by atoms with Gasteiger partial charge in [0.2, 0.25) is 6.29 Å². The number of carbonyl (C=O) groups is 3. The van der Waals surface area contributed by atoms with E-state index >= 15 is 4.79 Å². The minimum atomic E-state index is -1.36. The van der Waals surface area contributed by atoms with E-state index in [2.05, 4.69) is 113 Å². The molecule has 3 aromatic rings. The Labute approximate surface area is 794 Å². The molecule has 14 aliphatic rings. The summed E-state index contributed by atoms with van der Waals surface area (Å²) >= 11 is 0. The van der Waals surface area contributed by atoms with E-state index in [0.717, 1.165) is 55.1 Å². The van der Waals surface area contributed by atoms with Crippen molar-refractivity contribution in [2.24, 2.45) is 109 Å². The van der Waals surface area contributed by atoms with Crippen molar-refractivity contribution in [3.63, 3.8) is 0 Å². The molecule has 17 rings (SSSR count). The average molecular weight is 1870 g/mol. The average Bonchev–Trinajstić information content (AvgIpc) is 0.712. The lowest BCUT2D eigenvalue weighted by Gasteiger charge is -2.71. The van der Waals surface area contributed by atoms with Crippen molar-refractivity contribution in [3.8, 4) is 0 Å². The van der Waals surface area contributed by atoms with E-state index in [4.69, 9.17) is 99.5 Å². The van der Waals surface area contributed by atoms with Crippen LogP contribution in [0.4, 0.5) is 0 Å². The zero-order valence-corrected chi connectivity index (χ0v) is 83.5. The fourth-order valence-corrected chi connectivity index (χ4v) is 27.6. The maximum Gasteiger partial charge on any atom is 0.317 e. The van der Waals surface area contributed by atoms with Crippen molar-refractivity contribution in [2.75, 3.05) is 40.1 Å². The van der Waals surface area contributed by atoms with Gasteiger partial charge in [-0.05, 0) is 184 Å². The first-order valence-electron chi connectivity index (χ1n) is 50.7. The predicted octanol–water partition coefficient (Wildman–Crippen LogP) is 18.5. The molecule has 27 nitrogen and oxygen atoms in total. The summed E-state index contributed by atoms with van der Waals surface area (Å²) in [5, 5.41) is 4.44. The minimum Gasteiger partial charge on any atom is -0.432 e. The number of hydrogen-bond donors (Lipinski definition) is 0. The number of hydrogen-bond acceptors (Lipinski definition) is 25. The topological polar surface area (TPSA) is 294 Å². The van der Waals surface area contributed by atoms with Gasteiger partial charge in [-0.15, -0.1) is 0 Å². The van der Waals surface area contributed by atoms with Gasteiger partial charge in [0.25, 0.3) is 0 Å². The highest BCUT2D eigenvalue weighted by Gasteiger charge is 2.74. The third-order valence-corrected chi connectivity index (χ3v) is 36.6. The number of ketones is 1. The van der Waals surface area contributed by atoms with Gasteiger partial charge in [-0.3, -0.25) is 9.59 Å². The molecule has 4 saturated carbocycles. The molecule has 0 bridgehead atoms. The molecule has 0 amide bonds. The Morgan fingerprint density at radius 2 is 1.22 bits per heavy atom. The summed E-state index contributed by atoms with van der Waals surface area (Å²) in [5.74, 6) is -2.34. The van der Waals surface area contributed by atoms with E-state index in [1.54, 1.807) is 14.0 Å². The van der Waals surface area contributed by atoms with E-state index in [1.165, 1.54) is 5.57 Å². The maximum absolute atomic E-state index is 17.0. The molecule has 742 valence electrons. The van der Waals surface area contributed by atoms with E-state index in [-0.39, 0.29) is 96.7 Å². The number of carbonyl (C=O) groups excluding carboxylic acids is 3. The summed E-state index contributed by atoms with van der Waals surface area (Å²) in [6, 6.07) is 28.9. The van der Waals surface area contributed by atoms with Gasteiger partial charge >= 0.3 is 5.97 Å². The number of Topliss-reactive ketones (excluding diaryl/α,β-unsaturated/α-hetero) is 1. The first-order valence-corrected chi connectivity index (χ1v) is 50.7. The molecule has 0 spiro atoms. The Bertz CT molecular complexity index is 4580. The number of methoxy groups -OCH3 is 1. The van der Waals surface area contributed by atoms with Crippen molar-refractivity contribution in [1.29, 1.82) is 0 Å². The van der Waals surface area contributed by atoms with Gasteiger partial charge in [0.05, 0.1) is 100 Å². The van der Waals surface area contributed by atoms with Crippen molar-refractivity contribution < 1.29 is 114 Å². The summed E-state index contributed by atoms with van der Waals surface area (Å²) in [6.07, 6.45) is -5.87. The molecule has 5 aliphatic carbocycles. The van der Waals surface area contributed by atoms with Crippen LogP contribution in [0.1, 0.15) is 239 Å². The van der Waals surface area contributed by atoms with Crippen LogP contribution in [-0.4, -0.2) is 211 Å². The molecule has 9 heterocycles. The summed E-state index contributed by atoms with van der Waals surface area (Å²) in [5.41, 5.74) is 10.2. The molecule has 13 fully saturated rings. The lowest BCUT2D eigenvalue weighted by atomic mass is 9.33. The van der Waals surface area contributed by atoms with Crippen LogP contribution in [0.5, 0.6) is 0 Å². The van der Waals surface area contributed by atoms with Crippen LogP contribution in [-0.2, 0) is 127 Å². The fraction of sp³-hybridized carbons (Fsp3) is 0.785. The van der Waals surface area contributed by atoms with Gasteiger partial charge in [0.15, 0.2) is 49.3 Å². The monoisotopic (exact) mass is 1870 g/mol. The van der Waals surface area contributed by atoms with Gasteiger partial charge in [-0.1, -0.05) is 225 Å². The SMILES string of the molecule is CCC1O[C@@H](OC2[C@H](O[C@H]3CCC4(C)C5CC=C6C7CC(C)(C)CC[C@]7(C(=O)O[C@@H]7OC(COCc8ccccc8)[C@H](N=[N+]=[N-])C(C)C7OC[C@@H]7O[C@@H](C)[C@H](O[C@@H]8OC[C@H](OCc9ccccc9)C(O[C@H]9OC[C@]%10(CC)O[C@@H](c%11ccccc%11)OC9%10)C8C)C8OC(C)(C)OC87)C(OC)C[C@@]6(C)[C@@]5(C)CC[C@H]4[C@@]3(C)C=O)OC(C(C)=O)[C@H](C)[C@@H]2O[C@@H]2OC[C@H](C)[C@H](C)C2C)C(C)[C@@H](C)[C@H]1C. The summed E-state index contributed by atoms with van der Waals surface area (Å²) in [7, 11) is 1.75. The van der Waals surface area contributed by atoms with Gasteiger partial charge in [0.1, 0.15) is 72.2 Å². The molecular weight excluding hydrogens is 1710 g/mol. The van der Waals surface area contributed by atoms with Crippen LogP contribution in [0, 0.1) is 104 Å². The molecule has 17 unspecified atom stereocenters. The quantitative estimate of drug-likeness (QED) is 0.0119. The highest BCUT2D eigenvalue weighted by molar-refractivity contribution is 5.81. The smallest absolute Gasteiger partial charge is 0.317 e. The molecule has 27 heteroatoms. The third-order valence-electron chi connectivity index (χ3n) is 36.6. The second kappa shape index (κ2) is 39.9. The van der Waals surface area contributed by atoms with Crippen LogP contribution in [0.15, 0.2) is 108 Å². The van der Waals surface area contributed by atoms with Gasteiger partial charge in [0, 0.05) is 41.3 Å². The number of ether oxygens (including phenoxy) is 21. The third kappa shape index (κ3) is 18.4. The van der Waals surface area contributed by atoms with E-state index in [0.29, 0.717) is 69.5 Å². The molecular formula is C107H155N3O24. The molecule has 3 aromatic carbocycles. The Kier molecular flexibility index (Phi) is 29.9. The number of fused-ring (bicyclic) bond motifs is 9. The predicted molar refractivity (Wildman–Crippen MR) is 495 cm³/mol. The number of allylic oxidation sites excluding steroid dienone is 2. The molecule has 42 atom stereocenters. The Balaban J connectivity index is 0.633. The maximum atomic E-state index is 17.0. The number of azide groups is 1. The van der Waals surface area contributed by atoms with E-state index in [1.807, 2.05) is 133 Å². The first kappa shape index (κ1) is 100. The van der Waals surface area contributed by atoms with Crippen LogP contribution >= 0.6 is 0 Å². The Morgan fingerprint density at radius 3 is 1.90 bits per heavy atom. The van der Waals surface area contributed by atoms with Crippen molar-refractivity contribution >= 4 is 18.0 Å². The minimum absolute atomic E-state index is 0.000122. The van der Waals surface area contributed by atoms with Crippen molar-refractivity contribution in [2.45, 2.75) is 388 Å². The highest BCUT2D eigenvalue weighted by atomic mass is 16.8. The van der Waals surface area contributed by atoms with Crippen molar-refractivity contribution in [1.82, 2.24) is 0 Å². The molecule has 0 aromatic heterocycles. The number of aldehydes is 1. The van der Waals surface area contributed by atoms with Crippen molar-refractivity contribution in [3.05, 3.63) is 130 Å². The van der Waals surface area contributed by atoms with E-state index in [9.17, 15) is 15.1 Å². The van der Waals surface area contributed by atoms with Gasteiger partial charge in [-0.25, -0.2) is 0 Å².